The van der Waals surface area contributed by atoms with Gasteiger partial charge in [0.15, 0.2) is 0 Å². The van der Waals surface area contributed by atoms with Crippen LogP contribution in [0.2, 0.25) is 0 Å². The molecule has 0 saturated heterocycles. The average Bonchev–Trinajstić information content (AvgIpc) is 2.60. The van der Waals surface area contributed by atoms with E-state index in [-0.39, 0.29) is 0 Å². The Balaban J connectivity index is -0.000000154. The van der Waals surface area contributed by atoms with Gasteiger partial charge in [0, 0.05) is 11.9 Å². The lowest BCUT2D eigenvalue weighted by Gasteiger charge is -2.37. The fourth-order valence-corrected chi connectivity index (χ4v) is 3.19. The first kappa shape index (κ1) is 34.4. The Morgan fingerprint density at radius 1 is 0.679 bits per heavy atom. The van der Waals surface area contributed by atoms with Crippen LogP contribution in [-0.2, 0) is 9.59 Å². The molecule has 0 bridgehead atoms. The molecule has 0 atom stereocenters. The van der Waals surface area contributed by atoms with Crippen molar-refractivity contribution >= 4 is 11.9 Å². The molecule has 6 nitrogen and oxygen atoms in total. The number of nitrogens with zero attached hydrogens (tertiary/aromatic N) is 1. The standard InChI is InChI=1S/C11H26N.C7H17N.2C2H4O2/c1-5-9-12(8-4,10-6-2)11-7-3;1-4-7-8(5-2)6-3;2*1-2(3)4/h5-11H2,1-4H3;4-7H2,1-3H3;2*1H3,(H,3,4)/q+1;;;/p-1. The van der Waals surface area contributed by atoms with E-state index in [0.717, 1.165) is 13.8 Å². The molecule has 0 fully saturated rings. The van der Waals surface area contributed by atoms with Gasteiger partial charge in [0.1, 0.15) is 0 Å². The van der Waals surface area contributed by atoms with Crippen molar-refractivity contribution in [2.75, 3.05) is 45.8 Å². The predicted molar refractivity (Wildman–Crippen MR) is 115 cm³/mol. The second kappa shape index (κ2) is 25.9. The fourth-order valence-electron chi connectivity index (χ4n) is 3.19. The highest BCUT2D eigenvalue weighted by molar-refractivity contribution is 5.60. The van der Waals surface area contributed by atoms with Crippen molar-refractivity contribution in [3.05, 3.63) is 0 Å². The van der Waals surface area contributed by atoms with Crippen LogP contribution in [0.4, 0.5) is 0 Å². The lowest BCUT2D eigenvalue weighted by atomic mass is 10.2. The topological polar surface area (TPSA) is 84.7 Å². The van der Waals surface area contributed by atoms with E-state index in [4.69, 9.17) is 19.8 Å². The van der Waals surface area contributed by atoms with Crippen molar-refractivity contribution in [1.29, 1.82) is 0 Å². The van der Waals surface area contributed by atoms with Gasteiger partial charge >= 0.3 is 0 Å². The third-order valence-electron chi connectivity index (χ3n) is 4.37. The first-order valence-corrected chi connectivity index (χ1v) is 11.1. The van der Waals surface area contributed by atoms with Gasteiger partial charge in [-0.05, 0) is 60.3 Å². The lowest BCUT2D eigenvalue weighted by Crippen LogP contribution is -3.11. The summed E-state index contributed by atoms with van der Waals surface area (Å²) in [5.41, 5.74) is 0. The molecule has 0 radical (unpaired) electrons. The molecule has 0 rings (SSSR count). The van der Waals surface area contributed by atoms with Gasteiger partial charge in [0.2, 0.25) is 0 Å². The number of quaternary nitrogens is 2. The van der Waals surface area contributed by atoms with Crippen LogP contribution in [0.15, 0.2) is 0 Å². The number of carboxylic acids is 2. The number of carbonyl (C=O) groups is 2. The number of carboxylic acid groups (broad SMARTS) is 2. The molecule has 0 aliphatic carbocycles. The zero-order valence-electron chi connectivity index (χ0n) is 20.4. The summed E-state index contributed by atoms with van der Waals surface area (Å²) in [6.45, 7) is 27.2. The van der Waals surface area contributed by atoms with Crippen molar-refractivity contribution in [3.8, 4) is 0 Å². The summed E-state index contributed by atoms with van der Waals surface area (Å²) < 4.78 is 1.35. The largest absolute Gasteiger partial charge is 0.550 e. The van der Waals surface area contributed by atoms with Gasteiger partial charge < -0.3 is 29.2 Å². The van der Waals surface area contributed by atoms with E-state index in [2.05, 4.69) is 48.5 Å². The molecule has 172 valence electrons. The minimum absolute atomic E-state index is 0.972. The number of rotatable bonds is 11. The molecule has 0 aliphatic rings. The highest BCUT2D eigenvalue weighted by atomic mass is 16.4. The summed E-state index contributed by atoms with van der Waals surface area (Å²) >= 11 is 0. The minimum atomic E-state index is -1.08. The predicted octanol–water partition coefficient (Wildman–Crippen LogP) is 0.887. The van der Waals surface area contributed by atoms with Crippen LogP contribution >= 0.6 is 0 Å². The van der Waals surface area contributed by atoms with E-state index >= 15 is 0 Å². The Labute approximate surface area is 175 Å². The Morgan fingerprint density at radius 3 is 1.07 bits per heavy atom. The van der Waals surface area contributed by atoms with Crippen LogP contribution in [0, 0.1) is 0 Å². The van der Waals surface area contributed by atoms with E-state index in [9.17, 15) is 0 Å². The third kappa shape index (κ3) is 32.5. The Bertz CT molecular complexity index is 295. The van der Waals surface area contributed by atoms with Crippen molar-refractivity contribution < 1.29 is 29.2 Å². The Morgan fingerprint density at radius 2 is 0.964 bits per heavy atom. The van der Waals surface area contributed by atoms with Gasteiger partial charge in [-0.15, -0.1) is 0 Å². The van der Waals surface area contributed by atoms with E-state index in [1.54, 1.807) is 4.90 Å². The molecule has 0 aromatic heterocycles. The second-order valence-corrected chi connectivity index (χ2v) is 7.02. The molecule has 6 heteroatoms. The van der Waals surface area contributed by atoms with E-state index in [1.807, 2.05) is 0 Å². The van der Waals surface area contributed by atoms with Crippen LogP contribution in [-0.4, -0.2) is 62.2 Å². The van der Waals surface area contributed by atoms with Gasteiger partial charge in [-0.1, -0.05) is 27.7 Å². The number of hydrogen-bond acceptors (Lipinski definition) is 4. The van der Waals surface area contributed by atoms with Gasteiger partial charge in [0.25, 0.3) is 0 Å². The van der Waals surface area contributed by atoms with Crippen LogP contribution in [0.5, 0.6) is 0 Å². The maximum Gasteiger partial charge on any atom is 0.0783 e. The summed E-state index contributed by atoms with van der Waals surface area (Å²) in [5.74, 6) is -2.17. The second-order valence-electron chi connectivity index (χ2n) is 7.02. The van der Waals surface area contributed by atoms with Gasteiger partial charge in [-0.3, -0.25) is 0 Å². The maximum absolute atomic E-state index is 8.89. The Hall–Kier alpha value is -1.14. The van der Waals surface area contributed by atoms with Crippen LogP contribution in [0.25, 0.3) is 0 Å². The van der Waals surface area contributed by atoms with Crippen LogP contribution in [0.3, 0.4) is 0 Å². The SMILES string of the molecule is CC(=O)[O-].CC(=O)[O-].CCC[N+](CC)(CCC)CCC.CCC[NH+](CC)CC. The normalized spacial score (nSPS) is 9.93. The summed E-state index contributed by atoms with van der Waals surface area (Å²) in [4.78, 5) is 19.5. The van der Waals surface area contributed by atoms with E-state index in [1.165, 1.54) is 76.0 Å². The molecule has 1 N–H and O–H groups in total. The molecule has 0 unspecified atom stereocenters. The molecule has 28 heavy (non-hydrogen) atoms. The van der Waals surface area contributed by atoms with Crippen molar-refractivity contribution in [1.82, 2.24) is 0 Å². The zero-order valence-corrected chi connectivity index (χ0v) is 20.4. The number of nitrogens with one attached hydrogen (secondary N) is 1. The molecule has 0 aliphatic heterocycles. The molecule has 0 spiro atoms. The lowest BCUT2D eigenvalue weighted by molar-refractivity contribution is -0.926. The van der Waals surface area contributed by atoms with Gasteiger partial charge in [-0.25, -0.2) is 0 Å². The minimum Gasteiger partial charge on any atom is -0.550 e. The zero-order chi connectivity index (χ0) is 23.0. The monoisotopic (exact) mass is 406 g/mol. The number of hydrogen-bond donors (Lipinski definition) is 1. The molecule has 0 aromatic rings. The van der Waals surface area contributed by atoms with Crippen LogP contribution in [0.1, 0.15) is 88.0 Å². The molecule has 0 aromatic carbocycles. The average molecular weight is 407 g/mol. The summed E-state index contributed by atoms with van der Waals surface area (Å²) in [5, 5.41) is 17.8. The number of aliphatic carboxylic acids is 2. The van der Waals surface area contributed by atoms with Gasteiger partial charge in [0.05, 0.1) is 45.8 Å². The quantitative estimate of drug-likeness (QED) is 0.516. The van der Waals surface area contributed by atoms with Crippen molar-refractivity contribution in [3.63, 3.8) is 0 Å². The maximum atomic E-state index is 8.89. The molecular weight excluding hydrogens is 356 g/mol. The summed E-state index contributed by atoms with van der Waals surface area (Å²) in [6, 6.07) is 0. The summed E-state index contributed by atoms with van der Waals surface area (Å²) in [7, 11) is 0. The highest BCUT2D eigenvalue weighted by Gasteiger charge is 2.21. The Kier molecular flexibility index (Phi) is 31.7. The van der Waals surface area contributed by atoms with Crippen LogP contribution < -0.4 is 15.1 Å². The van der Waals surface area contributed by atoms with Crippen molar-refractivity contribution in [2.24, 2.45) is 0 Å². The molecular formula is C22H50N2O4. The molecule has 0 saturated carbocycles. The fraction of sp³-hybridized carbons (Fsp3) is 0.909. The molecule has 0 heterocycles. The third-order valence-corrected chi connectivity index (χ3v) is 4.37. The smallest absolute Gasteiger partial charge is 0.0783 e. The summed E-state index contributed by atoms with van der Waals surface area (Å²) in [6.07, 6.45) is 5.30. The first-order valence-electron chi connectivity index (χ1n) is 11.1. The van der Waals surface area contributed by atoms with Gasteiger partial charge in [-0.2, -0.15) is 0 Å². The van der Waals surface area contributed by atoms with Crippen molar-refractivity contribution in [2.45, 2.75) is 88.0 Å². The van der Waals surface area contributed by atoms with E-state index in [0.29, 0.717) is 0 Å². The van der Waals surface area contributed by atoms with E-state index < -0.39 is 11.9 Å². The molecule has 0 amide bonds. The highest BCUT2D eigenvalue weighted by Crippen LogP contribution is 2.10. The first-order chi connectivity index (χ1) is 13.1. The number of carbonyl (C=O) groups excluding carboxylic acids is 2.